The first kappa shape index (κ1) is 10.0. The zero-order chi connectivity index (χ0) is 10.5. The van der Waals surface area contributed by atoms with Crippen molar-refractivity contribution in [3.8, 4) is 0 Å². The van der Waals surface area contributed by atoms with Gasteiger partial charge in [-0.3, -0.25) is 0 Å². The van der Waals surface area contributed by atoms with Crippen molar-refractivity contribution in [2.75, 3.05) is 0 Å². The first-order valence-corrected chi connectivity index (χ1v) is 5.10. The first-order valence-electron chi connectivity index (χ1n) is 5.10. The summed E-state index contributed by atoms with van der Waals surface area (Å²) in [6.07, 6.45) is 6.03. The highest BCUT2D eigenvalue weighted by Crippen LogP contribution is 2.17. The van der Waals surface area contributed by atoms with E-state index < -0.39 is 5.97 Å². The Kier molecular flexibility index (Phi) is 3.24. The normalized spacial score (nSPS) is 16.5. The summed E-state index contributed by atoms with van der Waals surface area (Å²) in [5, 5.41) is 7.27. The number of carbonyl (C=O) groups excluding carboxylic acids is 1. The van der Waals surface area contributed by atoms with Crippen LogP contribution in [0.4, 0.5) is 0 Å². The Bertz CT molecular complexity index is 323. The lowest BCUT2D eigenvalue weighted by atomic mass is 10.3. The molecule has 0 saturated heterocycles. The van der Waals surface area contributed by atoms with Crippen LogP contribution >= 0.6 is 0 Å². The molecule has 0 amide bonds. The van der Waals surface area contributed by atoms with E-state index in [2.05, 4.69) is 15.7 Å². The van der Waals surface area contributed by atoms with Crippen LogP contribution in [0.15, 0.2) is 18.3 Å². The Labute approximate surface area is 87.8 Å². The molecular formula is C10H13N3O2. The molecule has 80 valence electrons. The molecule has 1 aliphatic rings. The number of nitrogens with one attached hydrogen (secondary N) is 1. The molecule has 5 heteroatoms. The molecule has 0 bridgehead atoms. The predicted molar refractivity (Wildman–Crippen MR) is 52.8 cm³/mol. The van der Waals surface area contributed by atoms with Gasteiger partial charge in [-0.15, -0.1) is 10.6 Å². The van der Waals surface area contributed by atoms with Crippen LogP contribution in [0.1, 0.15) is 36.2 Å². The summed E-state index contributed by atoms with van der Waals surface area (Å²) in [5.74, 6) is -0.477. The van der Waals surface area contributed by atoms with E-state index in [0.29, 0.717) is 6.04 Å². The average molecular weight is 207 g/mol. The third-order valence-corrected chi connectivity index (χ3v) is 2.45. The molecule has 1 aromatic rings. The van der Waals surface area contributed by atoms with Crippen molar-refractivity contribution in [2.45, 2.75) is 31.7 Å². The van der Waals surface area contributed by atoms with Crippen LogP contribution in [0.25, 0.3) is 0 Å². The third kappa shape index (κ3) is 2.73. The van der Waals surface area contributed by atoms with E-state index in [1.165, 1.54) is 19.0 Å². The molecule has 2 rings (SSSR count). The second-order valence-electron chi connectivity index (χ2n) is 3.60. The van der Waals surface area contributed by atoms with E-state index >= 15 is 0 Å². The van der Waals surface area contributed by atoms with E-state index in [-0.39, 0.29) is 5.69 Å². The average Bonchev–Trinajstić information content (AvgIpc) is 2.80. The summed E-state index contributed by atoms with van der Waals surface area (Å²) in [6.45, 7) is 0. The van der Waals surface area contributed by atoms with Crippen molar-refractivity contribution in [3.05, 3.63) is 24.0 Å². The highest BCUT2D eigenvalue weighted by Gasteiger charge is 2.17. The zero-order valence-electron chi connectivity index (χ0n) is 8.35. The molecular weight excluding hydrogens is 194 g/mol. The van der Waals surface area contributed by atoms with Gasteiger partial charge in [0.05, 0.1) is 0 Å². The lowest BCUT2D eigenvalue weighted by Crippen LogP contribution is -2.29. The molecule has 15 heavy (non-hydrogen) atoms. The van der Waals surface area contributed by atoms with Crippen molar-refractivity contribution in [2.24, 2.45) is 0 Å². The Hall–Kier alpha value is -1.49. The standard InChI is InChI=1S/C10H13N3O2/c14-10(9-6-3-7-11-12-9)15-13-8-4-1-2-5-8/h3,6-8,13H,1-2,4-5H2. The SMILES string of the molecule is O=C(ONC1CCCC1)c1cccnn1. The fraction of sp³-hybridized carbons (Fsp3) is 0.500. The topological polar surface area (TPSA) is 64.1 Å². The van der Waals surface area contributed by atoms with E-state index in [9.17, 15) is 4.79 Å². The molecule has 1 fully saturated rings. The number of nitrogens with zero attached hydrogens (tertiary/aromatic N) is 2. The van der Waals surface area contributed by atoms with Crippen LogP contribution in [-0.2, 0) is 4.84 Å². The molecule has 1 aromatic heterocycles. The van der Waals surface area contributed by atoms with Crippen LogP contribution < -0.4 is 5.48 Å². The van der Waals surface area contributed by atoms with Gasteiger partial charge in [-0.2, -0.15) is 5.10 Å². The van der Waals surface area contributed by atoms with Crippen LogP contribution in [0.3, 0.4) is 0 Å². The molecule has 0 aliphatic heterocycles. The van der Waals surface area contributed by atoms with Gasteiger partial charge >= 0.3 is 5.97 Å². The minimum Gasteiger partial charge on any atom is -0.365 e. The van der Waals surface area contributed by atoms with Crippen molar-refractivity contribution in [3.63, 3.8) is 0 Å². The number of rotatable bonds is 3. The highest BCUT2D eigenvalue weighted by atomic mass is 16.7. The van der Waals surface area contributed by atoms with Crippen molar-refractivity contribution >= 4 is 5.97 Å². The van der Waals surface area contributed by atoms with Crippen molar-refractivity contribution < 1.29 is 9.63 Å². The van der Waals surface area contributed by atoms with Gasteiger partial charge in [-0.1, -0.05) is 12.8 Å². The summed E-state index contributed by atoms with van der Waals surface area (Å²) in [7, 11) is 0. The summed E-state index contributed by atoms with van der Waals surface area (Å²) in [6, 6.07) is 3.52. The summed E-state index contributed by atoms with van der Waals surface area (Å²) < 4.78 is 0. The van der Waals surface area contributed by atoms with Gasteiger partial charge in [0.1, 0.15) is 0 Å². The molecule has 0 spiro atoms. The van der Waals surface area contributed by atoms with Crippen LogP contribution in [-0.4, -0.2) is 22.2 Å². The van der Waals surface area contributed by atoms with Crippen LogP contribution in [0.5, 0.6) is 0 Å². The third-order valence-electron chi connectivity index (χ3n) is 2.45. The molecule has 0 radical (unpaired) electrons. The minimum atomic E-state index is -0.477. The smallest absolute Gasteiger partial charge is 0.365 e. The van der Waals surface area contributed by atoms with Crippen molar-refractivity contribution in [1.82, 2.24) is 15.7 Å². The lowest BCUT2D eigenvalue weighted by molar-refractivity contribution is 0.0152. The van der Waals surface area contributed by atoms with Gasteiger partial charge < -0.3 is 4.84 Å². The van der Waals surface area contributed by atoms with E-state index in [0.717, 1.165) is 12.8 Å². The Balaban J connectivity index is 1.82. The summed E-state index contributed by atoms with van der Waals surface area (Å²) in [5.41, 5.74) is 2.99. The zero-order valence-corrected chi connectivity index (χ0v) is 8.35. The number of hydrogen-bond donors (Lipinski definition) is 1. The lowest BCUT2D eigenvalue weighted by Gasteiger charge is -2.10. The quantitative estimate of drug-likeness (QED) is 0.751. The number of hydroxylamine groups is 1. The van der Waals surface area contributed by atoms with Gasteiger partial charge in [0.15, 0.2) is 5.69 Å². The Morgan fingerprint density at radius 1 is 1.47 bits per heavy atom. The van der Waals surface area contributed by atoms with Gasteiger partial charge in [-0.05, 0) is 25.0 Å². The van der Waals surface area contributed by atoms with E-state index in [1.54, 1.807) is 12.1 Å². The van der Waals surface area contributed by atoms with E-state index in [1.807, 2.05) is 0 Å². The highest BCUT2D eigenvalue weighted by molar-refractivity contribution is 5.86. The van der Waals surface area contributed by atoms with Gasteiger partial charge in [0.2, 0.25) is 0 Å². The molecule has 5 nitrogen and oxygen atoms in total. The Morgan fingerprint density at radius 2 is 2.27 bits per heavy atom. The number of hydrogen-bond acceptors (Lipinski definition) is 5. The molecule has 1 heterocycles. The van der Waals surface area contributed by atoms with Gasteiger partial charge in [0, 0.05) is 12.2 Å². The fourth-order valence-electron chi connectivity index (χ4n) is 1.64. The first-order chi connectivity index (χ1) is 7.36. The molecule has 1 N–H and O–H groups in total. The van der Waals surface area contributed by atoms with Gasteiger partial charge in [0.25, 0.3) is 0 Å². The maximum atomic E-state index is 11.4. The van der Waals surface area contributed by atoms with Crippen LogP contribution in [0, 0.1) is 0 Å². The van der Waals surface area contributed by atoms with Crippen LogP contribution in [0.2, 0.25) is 0 Å². The summed E-state index contributed by atoms with van der Waals surface area (Å²) in [4.78, 5) is 16.3. The van der Waals surface area contributed by atoms with E-state index in [4.69, 9.17) is 4.84 Å². The second kappa shape index (κ2) is 4.84. The van der Waals surface area contributed by atoms with Crippen molar-refractivity contribution in [1.29, 1.82) is 0 Å². The predicted octanol–water partition coefficient (Wildman–Crippen LogP) is 1.08. The number of carbonyl (C=O) groups is 1. The van der Waals surface area contributed by atoms with Gasteiger partial charge in [-0.25, -0.2) is 4.79 Å². The fourth-order valence-corrected chi connectivity index (χ4v) is 1.64. The summed E-state index contributed by atoms with van der Waals surface area (Å²) >= 11 is 0. The second-order valence-corrected chi connectivity index (χ2v) is 3.60. The molecule has 0 atom stereocenters. The maximum Gasteiger partial charge on any atom is 0.377 e. The Morgan fingerprint density at radius 3 is 2.93 bits per heavy atom. The number of aromatic nitrogens is 2. The largest absolute Gasteiger partial charge is 0.377 e. The molecule has 1 aliphatic carbocycles. The minimum absolute atomic E-state index is 0.225. The maximum absolute atomic E-state index is 11.4. The molecule has 0 aromatic carbocycles. The monoisotopic (exact) mass is 207 g/mol. The molecule has 0 unspecified atom stereocenters. The molecule has 1 saturated carbocycles.